The first-order valence-corrected chi connectivity index (χ1v) is 11.8. The molecule has 1 heterocycles. The summed E-state index contributed by atoms with van der Waals surface area (Å²) in [7, 11) is 0. The monoisotopic (exact) mass is 494 g/mol. The number of halogens is 3. The summed E-state index contributed by atoms with van der Waals surface area (Å²) in [4.78, 5) is 25.8. The summed E-state index contributed by atoms with van der Waals surface area (Å²) in [5.41, 5.74) is 1.56. The molecule has 2 atom stereocenters. The molecule has 1 aromatic heterocycles. The lowest BCUT2D eigenvalue weighted by Gasteiger charge is -2.37. The molecule has 11 heteroatoms. The van der Waals surface area contributed by atoms with Gasteiger partial charge >= 0.3 is 18.2 Å². The predicted molar refractivity (Wildman–Crippen MR) is 124 cm³/mol. The second-order valence-corrected chi connectivity index (χ2v) is 9.32. The lowest BCUT2D eigenvalue weighted by molar-refractivity contribution is -0.138. The molecule has 0 unspecified atom stereocenters. The number of carboxylic acids is 1. The van der Waals surface area contributed by atoms with E-state index in [1.165, 1.54) is 6.07 Å². The Balaban J connectivity index is 1.64. The van der Waals surface area contributed by atoms with Crippen LogP contribution in [0.5, 0.6) is 0 Å². The highest BCUT2D eigenvalue weighted by Gasteiger charge is 2.44. The average molecular weight is 495 g/mol. The van der Waals surface area contributed by atoms with Gasteiger partial charge in [-0.15, -0.1) is 0 Å². The van der Waals surface area contributed by atoms with Gasteiger partial charge in [0.2, 0.25) is 0 Å². The van der Waals surface area contributed by atoms with Crippen molar-refractivity contribution in [2.24, 2.45) is 5.92 Å². The van der Waals surface area contributed by atoms with E-state index in [1.54, 1.807) is 30.0 Å². The number of carbonyl (C=O) groups excluding carboxylic acids is 1. The molecule has 2 fully saturated rings. The van der Waals surface area contributed by atoms with Gasteiger partial charge in [0.15, 0.2) is 5.82 Å². The standard InChI is InChI=1S/C24H29F3N4O4/c1-14-11-21(30-35-14)29-23(34)28-19-12-15(17-13-18(17)22(32)33)7-8-20(19)31(10-9-24(25,26)27)16-5-3-2-4-6-16/h7-8,11-12,16-18H,2-6,9-10,13H2,1H3,(H,32,33)(H2,28,29,30,34)/t17-,18-/m1/s1. The number of rotatable bonds is 8. The first-order chi connectivity index (χ1) is 16.6. The number of aliphatic carboxylic acids is 1. The van der Waals surface area contributed by atoms with Crippen LogP contribution in [-0.4, -0.2) is 41.0 Å². The van der Waals surface area contributed by atoms with Crippen LogP contribution in [0.2, 0.25) is 0 Å². The van der Waals surface area contributed by atoms with Gasteiger partial charge in [0, 0.05) is 18.7 Å². The summed E-state index contributed by atoms with van der Waals surface area (Å²) in [5.74, 6) is -0.872. The molecule has 2 aliphatic carbocycles. The van der Waals surface area contributed by atoms with E-state index in [2.05, 4.69) is 15.8 Å². The molecule has 8 nitrogen and oxygen atoms in total. The zero-order chi connectivity index (χ0) is 25.2. The summed E-state index contributed by atoms with van der Waals surface area (Å²) in [5, 5.41) is 18.3. The third-order valence-electron chi connectivity index (χ3n) is 6.64. The molecular weight excluding hydrogens is 465 g/mol. The summed E-state index contributed by atoms with van der Waals surface area (Å²) >= 11 is 0. The molecule has 190 valence electrons. The van der Waals surface area contributed by atoms with Gasteiger partial charge in [0.1, 0.15) is 5.76 Å². The minimum absolute atomic E-state index is 0.0774. The van der Waals surface area contributed by atoms with Gasteiger partial charge in [-0.1, -0.05) is 30.5 Å². The van der Waals surface area contributed by atoms with Gasteiger partial charge in [-0.25, -0.2) is 4.79 Å². The van der Waals surface area contributed by atoms with Crippen LogP contribution in [0.1, 0.15) is 62.2 Å². The summed E-state index contributed by atoms with van der Waals surface area (Å²) < 4.78 is 44.5. The highest BCUT2D eigenvalue weighted by Crippen LogP contribution is 2.49. The first-order valence-electron chi connectivity index (χ1n) is 11.8. The maximum absolute atomic E-state index is 13.2. The quantitative estimate of drug-likeness (QED) is 0.421. The van der Waals surface area contributed by atoms with Crippen molar-refractivity contribution >= 4 is 29.2 Å². The van der Waals surface area contributed by atoms with Crippen molar-refractivity contribution < 1.29 is 32.4 Å². The fraction of sp³-hybridized carbons (Fsp3) is 0.542. The van der Waals surface area contributed by atoms with Crippen LogP contribution in [-0.2, 0) is 4.79 Å². The Labute approximate surface area is 200 Å². The van der Waals surface area contributed by atoms with Crippen LogP contribution in [0.25, 0.3) is 0 Å². The first kappa shape index (κ1) is 24.9. The summed E-state index contributed by atoms with van der Waals surface area (Å²) in [6.45, 7) is 1.45. The highest BCUT2D eigenvalue weighted by atomic mass is 19.4. The molecule has 0 saturated heterocycles. The fourth-order valence-corrected chi connectivity index (χ4v) is 4.81. The predicted octanol–water partition coefficient (Wildman–Crippen LogP) is 5.91. The number of aryl methyl sites for hydroxylation is 1. The van der Waals surface area contributed by atoms with Gasteiger partial charge in [-0.05, 0) is 49.8 Å². The van der Waals surface area contributed by atoms with Gasteiger partial charge in [0.25, 0.3) is 0 Å². The molecule has 2 amide bonds. The number of nitrogens with one attached hydrogen (secondary N) is 2. The van der Waals surface area contributed by atoms with E-state index in [0.717, 1.165) is 37.7 Å². The topological polar surface area (TPSA) is 108 Å². The molecule has 3 N–H and O–H groups in total. The van der Waals surface area contributed by atoms with E-state index < -0.39 is 30.5 Å². The van der Waals surface area contributed by atoms with Crippen LogP contribution < -0.4 is 15.5 Å². The van der Waals surface area contributed by atoms with Crippen molar-refractivity contribution in [1.29, 1.82) is 0 Å². The van der Waals surface area contributed by atoms with Crippen molar-refractivity contribution in [3.63, 3.8) is 0 Å². The Morgan fingerprint density at radius 1 is 1.17 bits per heavy atom. The van der Waals surface area contributed by atoms with E-state index in [-0.39, 0.29) is 24.3 Å². The molecule has 4 rings (SSSR count). The molecule has 0 aliphatic heterocycles. The molecule has 1 aromatic carbocycles. The number of nitrogens with zero attached hydrogens (tertiary/aromatic N) is 2. The number of carbonyl (C=O) groups is 2. The fourth-order valence-electron chi connectivity index (χ4n) is 4.81. The average Bonchev–Trinajstić information content (AvgIpc) is 3.51. The molecule has 0 radical (unpaired) electrons. The maximum atomic E-state index is 13.2. The third kappa shape index (κ3) is 6.46. The van der Waals surface area contributed by atoms with Crippen molar-refractivity contribution in [1.82, 2.24) is 5.16 Å². The number of amides is 2. The van der Waals surface area contributed by atoms with Crippen LogP contribution in [0, 0.1) is 12.8 Å². The second kappa shape index (κ2) is 10.2. The van der Waals surface area contributed by atoms with Gasteiger partial charge in [-0.3, -0.25) is 10.1 Å². The largest absolute Gasteiger partial charge is 0.481 e. The van der Waals surface area contributed by atoms with E-state index in [0.29, 0.717) is 23.6 Å². The maximum Gasteiger partial charge on any atom is 0.390 e. The van der Waals surface area contributed by atoms with Gasteiger partial charge < -0.3 is 19.8 Å². The number of urea groups is 1. The zero-order valence-corrected chi connectivity index (χ0v) is 19.4. The molecule has 0 spiro atoms. The van der Waals surface area contributed by atoms with Crippen LogP contribution in [0.4, 0.5) is 35.2 Å². The van der Waals surface area contributed by atoms with E-state index in [1.807, 2.05) is 0 Å². The molecule has 2 aromatic rings. The SMILES string of the molecule is Cc1cc(NC(=O)Nc2cc([C@H]3C[C@H]3C(=O)O)ccc2N(CCC(F)(F)F)C2CCCCC2)no1. The third-order valence-corrected chi connectivity index (χ3v) is 6.64. The smallest absolute Gasteiger partial charge is 0.390 e. The Kier molecular flexibility index (Phi) is 7.23. The molecular formula is C24H29F3N4O4. The summed E-state index contributed by atoms with van der Waals surface area (Å²) in [6, 6.07) is 5.98. The second-order valence-electron chi connectivity index (χ2n) is 9.32. The number of alkyl halides is 3. The normalized spacial score (nSPS) is 20.3. The Hall–Kier alpha value is -3.24. The molecule has 2 aliphatic rings. The Morgan fingerprint density at radius 3 is 2.51 bits per heavy atom. The van der Waals surface area contributed by atoms with E-state index in [4.69, 9.17) is 4.52 Å². The lowest BCUT2D eigenvalue weighted by atomic mass is 9.93. The van der Waals surface area contributed by atoms with Crippen molar-refractivity contribution in [3.8, 4) is 0 Å². The molecule has 2 saturated carbocycles. The number of aromatic nitrogens is 1. The molecule has 35 heavy (non-hydrogen) atoms. The number of benzene rings is 1. The zero-order valence-electron chi connectivity index (χ0n) is 19.4. The Morgan fingerprint density at radius 2 is 1.91 bits per heavy atom. The minimum atomic E-state index is -4.31. The van der Waals surface area contributed by atoms with Gasteiger partial charge in [-0.2, -0.15) is 13.2 Å². The number of hydrogen-bond acceptors (Lipinski definition) is 5. The molecule has 0 bridgehead atoms. The minimum Gasteiger partial charge on any atom is -0.481 e. The van der Waals surface area contributed by atoms with Crippen molar-refractivity contribution in [2.75, 3.05) is 22.1 Å². The van der Waals surface area contributed by atoms with Crippen molar-refractivity contribution in [2.45, 2.75) is 70.0 Å². The lowest BCUT2D eigenvalue weighted by Crippen LogP contribution is -2.39. The van der Waals surface area contributed by atoms with Gasteiger partial charge in [0.05, 0.1) is 23.7 Å². The van der Waals surface area contributed by atoms with E-state index in [9.17, 15) is 27.9 Å². The Bertz CT molecular complexity index is 1070. The highest BCUT2D eigenvalue weighted by molar-refractivity contribution is 6.01. The number of anilines is 3. The number of carboxylic acid groups (broad SMARTS) is 1. The van der Waals surface area contributed by atoms with E-state index >= 15 is 0 Å². The van der Waals surface area contributed by atoms with Crippen LogP contribution in [0.15, 0.2) is 28.8 Å². The number of hydrogen-bond donors (Lipinski definition) is 3. The van der Waals surface area contributed by atoms with Crippen LogP contribution >= 0.6 is 0 Å². The van der Waals surface area contributed by atoms with Crippen molar-refractivity contribution in [3.05, 3.63) is 35.6 Å². The van der Waals surface area contributed by atoms with Crippen LogP contribution in [0.3, 0.4) is 0 Å². The summed E-state index contributed by atoms with van der Waals surface area (Å²) in [6.07, 6.45) is -0.348.